The summed E-state index contributed by atoms with van der Waals surface area (Å²) in [4.78, 5) is 10.4. The van der Waals surface area contributed by atoms with Crippen molar-refractivity contribution in [1.29, 1.82) is 0 Å². The third kappa shape index (κ3) is 1.17. The third-order valence-corrected chi connectivity index (χ3v) is 1.27. The fraction of sp³-hybridized carbons (Fsp3) is 0.333. The first-order valence-electron chi connectivity index (χ1n) is 2.90. The van der Waals surface area contributed by atoms with Crippen LogP contribution >= 0.6 is 0 Å². The SMILES string of the molecule is COc1noc(C(=O)O)c1C. The highest BCUT2D eigenvalue weighted by Gasteiger charge is 2.17. The van der Waals surface area contributed by atoms with E-state index in [1.807, 2.05) is 0 Å². The molecule has 0 atom stereocenters. The number of hydrogen-bond acceptors (Lipinski definition) is 4. The predicted octanol–water partition coefficient (Wildman–Crippen LogP) is 0.690. The highest BCUT2D eigenvalue weighted by Crippen LogP contribution is 2.18. The maximum Gasteiger partial charge on any atom is 0.375 e. The number of aromatic carboxylic acids is 1. The van der Waals surface area contributed by atoms with Crippen LogP contribution in [0.2, 0.25) is 0 Å². The molecule has 0 aliphatic rings. The van der Waals surface area contributed by atoms with E-state index in [2.05, 4.69) is 9.68 Å². The third-order valence-electron chi connectivity index (χ3n) is 1.27. The largest absolute Gasteiger partial charge is 0.479 e. The van der Waals surface area contributed by atoms with Crippen molar-refractivity contribution in [2.45, 2.75) is 6.92 Å². The molecule has 0 aromatic carbocycles. The molecule has 5 heteroatoms. The van der Waals surface area contributed by atoms with Gasteiger partial charge < -0.3 is 14.4 Å². The fourth-order valence-electron chi connectivity index (χ4n) is 0.711. The summed E-state index contributed by atoms with van der Waals surface area (Å²) in [6.07, 6.45) is 0. The van der Waals surface area contributed by atoms with Crippen LogP contribution in [0.25, 0.3) is 0 Å². The van der Waals surface area contributed by atoms with E-state index in [0.717, 1.165) is 0 Å². The van der Waals surface area contributed by atoms with Gasteiger partial charge in [0.1, 0.15) is 0 Å². The molecule has 0 aliphatic heterocycles. The monoisotopic (exact) mass is 157 g/mol. The summed E-state index contributed by atoms with van der Waals surface area (Å²) in [5.74, 6) is -1.11. The number of carbonyl (C=O) groups is 1. The fourth-order valence-corrected chi connectivity index (χ4v) is 0.711. The Balaban J connectivity index is 3.10. The molecule has 0 fully saturated rings. The predicted molar refractivity (Wildman–Crippen MR) is 34.8 cm³/mol. The molecule has 1 heterocycles. The molecular formula is C6H7NO4. The van der Waals surface area contributed by atoms with E-state index >= 15 is 0 Å². The number of aromatic nitrogens is 1. The van der Waals surface area contributed by atoms with Gasteiger partial charge in [0.25, 0.3) is 11.6 Å². The van der Waals surface area contributed by atoms with Crippen molar-refractivity contribution in [2.24, 2.45) is 0 Å². The van der Waals surface area contributed by atoms with Gasteiger partial charge in [-0.15, -0.1) is 0 Å². The summed E-state index contributed by atoms with van der Waals surface area (Å²) in [5.41, 5.74) is 0.403. The van der Waals surface area contributed by atoms with Crippen molar-refractivity contribution in [3.8, 4) is 5.88 Å². The Kier molecular flexibility index (Phi) is 1.80. The number of carboxylic acids is 1. The lowest BCUT2D eigenvalue weighted by Gasteiger charge is -1.90. The summed E-state index contributed by atoms with van der Waals surface area (Å²) in [5, 5.41) is 11.9. The van der Waals surface area contributed by atoms with Crippen LogP contribution in [0.4, 0.5) is 0 Å². The number of hydrogen-bond donors (Lipinski definition) is 1. The Labute approximate surface area is 62.6 Å². The Hall–Kier alpha value is -1.52. The lowest BCUT2D eigenvalue weighted by Crippen LogP contribution is -1.96. The van der Waals surface area contributed by atoms with Gasteiger partial charge in [-0.2, -0.15) is 0 Å². The number of rotatable bonds is 2. The minimum Gasteiger partial charge on any atom is -0.479 e. The maximum atomic E-state index is 10.4. The molecule has 0 spiro atoms. The van der Waals surface area contributed by atoms with Crippen LogP contribution in [-0.4, -0.2) is 23.3 Å². The molecule has 0 saturated heterocycles. The van der Waals surface area contributed by atoms with Gasteiger partial charge in [0.2, 0.25) is 0 Å². The first kappa shape index (κ1) is 7.59. The smallest absolute Gasteiger partial charge is 0.375 e. The van der Waals surface area contributed by atoms with Gasteiger partial charge in [-0.25, -0.2) is 4.79 Å². The zero-order valence-electron chi connectivity index (χ0n) is 6.12. The van der Waals surface area contributed by atoms with Gasteiger partial charge >= 0.3 is 5.97 Å². The molecular weight excluding hydrogens is 150 g/mol. The van der Waals surface area contributed by atoms with Crippen molar-refractivity contribution >= 4 is 5.97 Å². The number of carboxylic acid groups (broad SMARTS) is 1. The molecule has 1 aromatic heterocycles. The van der Waals surface area contributed by atoms with E-state index in [1.165, 1.54) is 7.11 Å². The van der Waals surface area contributed by atoms with Crippen LogP contribution in [0.15, 0.2) is 4.52 Å². The molecule has 0 aliphatic carbocycles. The topological polar surface area (TPSA) is 72.6 Å². The molecule has 0 bridgehead atoms. The summed E-state index contributed by atoms with van der Waals surface area (Å²) in [6.45, 7) is 1.57. The van der Waals surface area contributed by atoms with Gasteiger partial charge in [0, 0.05) is 0 Å². The highest BCUT2D eigenvalue weighted by atomic mass is 16.5. The molecule has 0 radical (unpaired) electrons. The zero-order valence-corrected chi connectivity index (χ0v) is 6.12. The van der Waals surface area contributed by atoms with Crippen LogP contribution in [0.5, 0.6) is 5.88 Å². The van der Waals surface area contributed by atoms with E-state index in [4.69, 9.17) is 9.84 Å². The standard InChI is InChI=1S/C6H7NO4/c1-3-4(6(8)9)11-7-5(3)10-2/h1-2H3,(H,8,9). The first-order valence-corrected chi connectivity index (χ1v) is 2.90. The van der Waals surface area contributed by atoms with E-state index in [0.29, 0.717) is 5.56 Å². The minimum absolute atomic E-state index is 0.179. The van der Waals surface area contributed by atoms with Crippen molar-refractivity contribution < 1.29 is 19.2 Å². The number of nitrogens with zero attached hydrogens (tertiary/aromatic N) is 1. The van der Waals surface area contributed by atoms with Crippen LogP contribution in [0.3, 0.4) is 0 Å². The average Bonchev–Trinajstić information content (AvgIpc) is 2.30. The van der Waals surface area contributed by atoms with Crippen LogP contribution in [0.1, 0.15) is 16.1 Å². The molecule has 60 valence electrons. The maximum absolute atomic E-state index is 10.4. The van der Waals surface area contributed by atoms with Gasteiger partial charge in [-0.1, -0.05) is 0 Å². The van der Waals surface area contributed by atoms with Gasteiger partial charge in [-0.05, 0) is 12.1 Å². The van der Waals surface area contributed by atoms with Gasteiger partial charge in [0.15, 0.2) is 0 Å². The lowest BCUT2D eigenvalue weighted by atomic mass is 10.3. The van der Waals surface area contributed by atoms with E-state index in [-0.39, 0.29) is 11.6 Å². The Morgan fingerprint density at radius 2 is 2.36 bits per heavy atom. The Morgan fingerprint density at radius 3 is 2.64 bits per heavy atom. The molecule has 0 unspecified atom stereocenters. The number of methoxy groups -OCH3 is 1. The molecule has 1 rings (SSSR count). The van der Waals surface area contributed by atoms with Gasteiger partial charge in [-0.3, -0.25) is 0 Å². The molecule has 0 amide bonds. The van der Waals surface area contributed by atoms with Crippen LogP contribution in [0, 0.1) is 6.92 Å². The molecule has 1 aromatic rings. The Morgan fingerprint density at radius 1 is 1.73 bits per heavy atom. The lowest BCUT2D eigenvalue weighted by molar-refractivity contribution is 0.0650. The van der Waals surface area contributed by atoms with Crippen molar-refractivity contribution in [3.05, 3.63) is 11.3 Å². The normalized spacial score (nSPS) is 9.64. The zero-order chi connectivity index (χ0) is 8.43. The van der Waals surface area contributed by atoms with Crippen molar-refractivity contribution in [1.82, 2.24) is 5.16 Å². The van der Waals surface area contributed by atoms with Gasteiger partial charge in [0.05, 0.1) is 12.7 Å². The highest BCUT2D eigenvalue weighted by molar-refractivity contribution is 5.86. The summed E-state index contributed by atoms with van der Waals surface area (Å²) < 4.78 is 9.18. The van der Waals surface area contributed by atoms with Crippen LogP contribution in [-0.2, 0) is 0 Å². The summed E-state index contributed by atoms with van der Waals surface area (Å²) in [6, 6.07) is 0. The second-order valence-electron chi connectivity index (χ2n) is 1.95. The van der Waals surface area contributed by atoms with Crippen LogP contribution < -0.4 is 4.74 Å². The van der Waals surface area contributed by atoms with E-state index < -0.39 is 5.97 Å². The van der Waals surface area contributed by atoms with Crippen molar-refractivity contribution in [3.63, 3.8) is 0 Å². The van der Waals surface area contributed by atoms with E-state index in [9.17, 15) is 4.79 Å². The summed E-state index contributed by atoms with van der Waals surface area (Å²) >= 11 is 0. The quantitative estimate of drug-likeness (QED) is 0.683. The molecule has 5 nitrogen and oxygen atoms in total. The van der Waals surface area contributed by atoms with E-state index in [1.54, 1.807) is 6.92 Å². The second kappa shape index (κ2) is 2.61. The Bertz CT molecular complexity index is 278. The average molecular weight is 157 g/mol. The van der Waals surface area contributed by atoms with Crippen molar-refractivity contribution in [2.75, 3.05) is 7.11 Å². The molecule has 0 saturated carbocycles. The first-order chi connectivity index (χ1) is 5.16. The minimum atomic E-state index is -1.14. The molecule has 11 heavy (non-hydrogen) atoms. The molecule has 1 N–H and O–H groups in total. The second-order valence-corrected chi connectivity index (χ2v) is 1.95. The summed E-state index contributed by atoms with van der Waals surface area (Å²) in [7, 11) is 1.40. The number of ether oxygens (including phenoxy) is 1.